The van der Waals surface area contributed by atoms with Crippen LogP contribution in [-0.4, -0.2) is 18.3 Å². The first-order chi connectivity index (χ1) is 6.93. The van der Waals surface area contributed by atoms with E-state index in [4.69, 9.17) is 0 Å². The van der Waals surface area contributed by atoms with Crippen molar-refractivity contribution in [2.45, 2.75) is 13.1 Å². The maximum atomic E-state index is 2.30. The van der Waals surface area contributed by atoms with Gasteiger partial charge in [-0.25, -0.2) is 0 Å². The fraction of sp³-hybridized carbons (Fsp3) is 0.200. The summed E-state index contributed by atoms with van der Waals surface area (Å²) < 4.78 is 8.92. The molecule has 4 rings (SSSR count). The molecule has 0 spiro atoms. The van der Waals surface area contributed by atoms with Crippen LogP contribution < -0.4 is 0 Å². The molecule has 0 aromatic rings. The summed E-state index contributed by atoms with van der Waals surface area (Å²) in [5, 5.41) is 0. The quantitative estimate of drug-likeness (QED) is 0.502. The van der Waals surface area contributed by atoms with Gasteiger partial charge in [-0.15, -0.1) is 0 Å². The number of aromatic nitrogens is 4. The van der Waals surface area contributed by atoms with Gasteiger partial charge in [-0.1, -0.05) is 0 Å². The number of rotatable bonds is 0. The van der Waals surface area contributed by atoms with Crippen molar-refractivity contribution in [2.24, 2.45) is 0 Å². The lowest BCUT2D eigenvalue weighted by molar-refractivity contribution is 0.681. The lowest BCUT2D eigenvalue weighted by atomic mass is 10.6. The predicted octanol–water partition coefficient (Wildman–Crippen LogP) is 1.15. The fourth-order valence-corrected chi connectivity index (χ4v) is 2.33. The van der Waals surface area contributed by atoms with Gasteiger partial charge in [0.2, 0.25) is 0 Å². The van der Waals surface area contributed by atoms with Gasteiger partial charge in [0.05, 0.1) is 0 Å². The van der Waals surface area contributed by atoms with Gasteiger partial charge in [0.1, 0.15) is 0 Å². The molecule has 0 radical (unpaired) electrons. The molecule has 4 heteroatoms. The molecular weight excluding hydrogens is 176 g/mol. The molecule has 0 N–H and O–H groups in total. The maximum Gasteiger partial charge on any atom is 0.163 e. The van der Waals surface area contributed by atoms with Crippen LogP contribution in [0.25, 0.3) is 12.4 Å². The van der Waals surface area contributed by atoms with Crippen molar-refractivity contribution in [3.05, 3.63) is 35.7 Å². The monoisotopic (exact) mass is 186 g/mol. The smallest absolute Gasteiger partial charge is 0.163 e. The molecule has 0 atom stereocenters. The first kappa shape index (κ1) is 6.59. The van der Waals surface area contributed by atoms with Crippen molar-refractivity contribution in [1.82, 2.24) is 18.3 Å². The number of hydrogen-bond acceptors (Lipinski definition) is 0. The van der Waals surface area contributed by atoms with E-state index in [9.17, 15) is 0 Å². The molecule has 0 saturated heterocycles. The summed E-state index contributed by atoms with van der Waals surface area (Å²) in [7, 11) is 0. The second kappa shape index (κ2) is 1.97. The van der Waals surface area contributed by atoms with Crippen LogP contribution in [0.5, 0.6) is 0 Å². The van der Waals surface area contributed by atoms with E-state index in [1.54, 1.807) is 0 Å². The largest absolute Gasteiger partial charge is 0.328 e. The Labute approximate surface area is 80.3 Å². The third-order valence-electron chi connectivity index (χ3n) is 3.02. The zero-order valence-electron chi connectivity index (χ0n) is 7.67. The third kappa shape index (κ3) is 0.585. The summed E-state index contributed by atoms with van der Waals surface area (Å²) >= 11 is 0. The molecule has 4 aliphatic heterocycles. The van der Waals surface area contributed by atoms with E-state index in [1.165, 1.54) is 11.0 Å². The van der Waals surface area contributed by atoms with Crippen LogP contribution in [0.4, 0.5) is 0 Å². The Morgan fingerprint density at radius 2 is 1.29 bits per heavy atom. The summed E-state index contributed by atoms with van der Waals surface area (Å²) in [4.78, 5) is 0. The van der Waals surface area contributed by atoms with Crippen molar-refractivity contribution < 1.29 is 0 Å². The van der Waals surface area contributed by atoms with Gasteiger partial charge in [0, 0.05) is 50.3 Å². The van der Waals surface area contributed by atoms with Gasteiger partial charge in [0.25, 0.3) is 0 Å². The average Bonchev–Trinajstić information content (AvgIpc) is 2.77. The number of hydrogen-bond donors (Lipinski definition) is 0. The molecular formula is C10H10N4. The maximum absolute atomic E-state index is 2.30. The van der Waals surface area contributed by atoms with Crippen molar-refractivity contribution in [3.8, 4) is 0 Å². The zero-order chi connectivity index (χ0) is 9.12. The summed E-state index contributed by atoms with van der Waals surface area (Å²) in [5.74, 6) is 0. The SMILES string of the molecule is C1=Cn2ccn3c4n(ccn1c2=4)CC3. The number of aryl methyl sites for hydroxylation is 2. The molecule has 0 aliphatic carbocycles. The minimum atomic E-state index is 1.08. The minimum Gasteiger partial charge on any atom is -0.328 e. The second-order valence-electron chi connectivity index (χ2n) is 3.74. The van der Waals surface area contributed by atoms with E-state index >= 15 is 0 Å². The van der Waals surface area contributed by atoms with E-state index in [0.717, 1.165) is 13.1 Å². The third-order valence-corrected chi connectivity index (χ3v) is 3.02. The Bertz CT molecular complexity index is 592. The molecule has 70 valence electrons. The van der Waals surface area contributed by atoms with Gasteiger partial charge in [-0.2, -0.15) is 0 Å². The Balaban J connectivity index is 2.47. The molecule has 0 fully saturated rings. The molecule has 0 aromatic carbocycles. The van der Waals surface area contributed by atoms with Crippen LogP contribution in [-0.2, 0) is 13.1 Å². The van der Waals surface area contributed by atoms with Crippen LogP contribution in [0, 0.1) is 11.0 Å². The predicted molar refractivity (Wildman–Crippen MR) is 52.9 cm³/mol. The van der Waals surface area contributed by atoms with E-state index in [1.807, 2.05) is 0 Å². The van der Waals surface area contributed by atoms with Crippen molar-refractivity contribution in [1.29, 1.82) is 0 Å². The van der Waals surface area contributed by atoms with E-state index in [2.05, 4.69) is 55.5 Å². The van der Waals surface area contributed by atoms with E-state index in [0.29, 0.717) is 0 Å². The van der Waals surface area contributed by atoms with Gasteiger partial charge in [-0.3, -0.25) is 0 Å². The topological polar surface area (TPSA) is 19.7 Å². The first-order valence-electron chi connectivity index (χ1n) is 4.83. The van der Waals surface area contributed by atoms with Gasteiger partial charge in [-0.05, 0) is 0 Å². The molecule has 0 unspecified atom stereocenters. The Morgan fingerprint density at radius 3 is 1.86 bits per heavy atom. The summed E-state index contributed by atoms with van der Waals surface area (Å²) in [5.41, 5.74) is 2.56. The van der Waals surface area contributed by atoms with Crippen LogP contribution in [0.1, 0.15) is 0 Å². The molecule has 0 bridgehead atoms. The number of nitrogens with zero attached hydrogens (tertiary/aromatic N) is 4. The normalized spacial score (nSPS) is 15.7. The van der Waals surface area contributed by atoms with Crippen LogP contribution in [0.15, 0.2) is 24.8 Å². The molecule has 4 aliphatic rings. The van der Waals surface area contributed by atoms with Crippen molar-refractivity contribution >= 4 is 12.4 Å². The lowest BCUT2D eigenvalue weighted by Crippen LogP contribution is -2.06. The summed E-state index contributed by atoms with van der Waals surface area (Å²) in [6.07, 6.45) is 12.7. The molecule has 4 nitrogen and oxygen atoms in total. The van der Waals surface area contributed by atoms with Crippen LogP contribution in [0.3, 0.4) is 0 Å². The van der Waals surface area contributed by atoms with Crippen LogP contribution >= 0.6 is 0 Å². The molecule has 0 saturated carbocycles. The van der Waals surface area contributed by atoms with E-state index < -0.39 is 0 Å². The first-order valence-corrected chi connectivity index (χ1v) is 4.83. The average molecular weight is 186 g/mol. The standard InChI is InChI=1S/C10H10N4/c1-2-12-7-8-14-4-3-13-6-5-11(1)9(12)10(13)14/h1-2,5-8H,3-4H2. The minimum absolute atomic E-state index is 1.08. The van der Waals surface area contributed by atoms with Crippen molar-refractivity contribution in [2.75, 3.05) is 0 Å². The highest BCUT2D eigenvalue weighted by atomic mass is 15.2. The van der Waals surface area contributed by atoms with Crippen LogP contribution in [0.2, 0.25) is 0 Å². The summed E-state index contributed by atoms with van der Waals surface area (Å²) in [6, 6.07) is 0. The van der Waals surface area contributed by atoms with Gasteiger partial charge < -0.3 is 18.3 Å². The Kier molecular flexibility index (Phi) is 0.929. The Hall–Kier alpha value is -1.84. The van der Waals surface area contributed by atoms with E-state index in [-0.39, 0.29) is 0 Å². The molecule has 4 heterocycles. The lowest BCUT2D eigenvalue weighted by Gasteiger charge is -2.06. The fourth-order valence-electron chi connectivity index (χ4n) is 2.33. The summed E-state index contributed by atoms with van der Waals surface area (Å²) in [6.45, 7) is 2.17. The highest BCUT2D eigenvalue weighted by Gasteiger charge is 2.12. The highest BCUT2D eigenvalue weighted by molar-refractivity contribution is 5.48. The highest BCUT2D eigenvalue weighted by Crippen LogP contribution is 2.13. The molecule has 14 heavy (non-hydrogen) atoms. The second-order valence-corrected chi connectivity index (χ2v) is 3.74. The Morgan fingerprint density at radius 1 is 0.714 bits per heavy atom. The van der Waals surface area contributed by atoms with Crippen molar-refractivity contribution in [3.63, 3.8) is 0 Å². The zero-order valence-corrected chi connectivity index (χ0v) is 7.67. The molecule has 0 amide bonds. The van der Waals surface area contributed by atoms with Gasteiger partial charge >= 0.3 is 0 Å². The molecule has 0 aromatic heterocycles. The van der Waals surface area contributed by atoms with Gasteiger partial charge in [0.15, 0.2) is 11.0 Å².